The van der Waals surface area contributed by atoms with Gasteiger partial charge in [-0.15, -0.1) is 0 Å². The van der Waals surface area contributed by atoms with Crippen LogP contribution in [-0.4, -0.2) is 28.7 Å². The van der Waals surface area contributed by atoms with E-state index in [1.54, 1.807) is 0 Å². The van der Waals surface area contributed by atoms with Crippen molar-refractivity contribution in [1.82, 2.24) is 20.2 Å². The minimum atomic E-state index is -0.0880. The summed E-state index contributed by atoms with van der Waals surface area (Å²) < 4.78 is 2.31. The van der Waals surface area contributed by atoms with E-state index in [0.717, 1.165) is 12.2 Å². The molecule has 19 heavy (non-hydrogen) atoms. The molecule has 1 aliphatic carbocycles. The zero-order valence-corrected chi connectivity index (χ0v) is 12.1. The standard InChI is InChI=1S/C14H24N4O/c1-10(2)8-17-14(19)15-7-6-13-16-9-11(3)18(13)12-4-5-12/h9-10,12H,4-8H2,1-3H3,(H2,15,17,19). The van der Waals surface area contributed by atoms with Crippen molar-refractivity contribution in [2.45, 2.75) is 46.1 Å². The van der Waals surface area contributed by atoms with Crippen LogP contribution in [0.2, 0.25) is 0 Å². The predicted octanol–water partition coefficient (Wildman–Crippen LogP) is 2.02. The first kappa shape index (κ1) is 13.9. The van der Waals surface area contributed by atoms with Gasteiger partial charge in [0.1, 0.15) is 5.82 Å². The van der Waals surface area contributed by atoms with Crippen LogP contribution in [0.5, 0.6) is 0 Å². The van der Waals surface area contributed by atoms with Crippen LogP contribution < -0.4 is 10.6 Å². The number of nitrogens with one attached hydrogen (secondary N) is 2. The van der Waals surface area contributed by atoms with Crippen molar-refractivity contribution in [2.75, 3.05) is 13.1 Å². The number of aryl methyl sites for hydroxylation is 1. The molecule has 1 fully saturated rings. The molecule has 106 valence electrons. The Bertz CT molecular complexity index is 435. The lowest BCUT2D eigenvalue weighted by molar-refractivity contribution is 0.239. The predicted molar refractivity (Wildman–Crippen MR) is 75.2 cm³/mol. The Hall–Kier alpha value is -1.52. The Kier molecular flexibility index (Phi) is 4.45. The lowest BCUT2D eigenvalue weighted by atomic mass is 10.2. The summed E-state index contributed by atoms with van der Waals surface area (Å²) >= 11 is 0. The van der Waals surface area contributed by atoms with Gasteiger partial charge in [-0.05, 0) is 25.7 Å². The maximum atomic E-state index is 11.5. The molecule has 0 aromatic carbocycles. The Morgan fingerprint density at radius 1 is 1.47 bits per heavy atom. The number of urea groups is 1. The molecule has 0 unspecified atom stereocenters. The molecule has 1 saturated carbocycles. The first-order chi connectivity index (χ1) is 9.08. The summed E-state index contributed by atoms with van der Waals surface area (Å²) in [5.41, 5.74) is 1.22. The van der Waals surface area contributed by atoms with Crippen molar-refractivity contribution < 1.29 is 4.79 Å². The second kappa shape index (κ2) is 6.08. The van der Waals surface area contributed by atoms with Crippen molar-refractivity contribution in [3.05, 3.63) is 17.7 Å². The fourth-order valence-corrected chi connectivity index (χ4v) is 2.16. The SMILES string of the molecule is Cc1cnc(CCNC(=O)NCC(C)C)n1C1CC1. The van der Waals surface area contributed by atoms with Crippen molar-refractivity contribution in [2.24, 2.45) is 5.92 Å². The molecule has 0 aliphatic heterocycles. The maximum absolute atomic E-state index is 11.5. The summed E-state index contributed by atoms with van der Waals surface area (Å²) in [7, 11) is 0. The fourth-order valence-electron chi connectivity index (χ4n) is 2.16. The number of imidazole rings is 1. The summed E-state index contributed by atoms with van der Waals surface area (Å²) in [5, 5.41) is 5.72. The minimum Gasteiger partial charge on any atom is -0.338 e. The van der Waals surface area contributed by atoms with Crippen molar-refractivity contribution >= 4 is 6.03 Å². The van der Waals surface area contributed by atoms with E-state index < -0.39 is 0 Å². The quantitative estimate of drug-likeness (QED) is 0.826. The molecule has 0 saturated heterocycles. The van der Waals surface area contributed by atoms with E-state index in [-0.39, 0.29) is 6.03 Å². The molecule has 0 atom stereocenters. The van der Waals surface area contributed by atoms with Gasteiger partial charge >= 0.3 is 6.03 Å². The highest BCUT2D eigenvalue weighted by Crippen LogP contribution is 2.36. The van der Waals surface area contributed by atoms with Gasteiger partial charge in [-0.2, -0.15) is 0 Å². The molecular weight excluding hydrogens is 240 g/mol. The molecule has 2 N–H and O–H groups in total. The molecule has 2 rings (SSSR count). The minimum absolute atomic E-state index is 0.0880. The van der Waals surface area contributed by atoms with Gasteiger partial charge in [-0.1, -0.05) is 13.8 Å². The number of carbonyl (C=O) groups is 1. The fraction of sp³-hybridized carbons (Fsp3) is 0.714. The first-order valence-electron chi connectivity index (χ1n) is 7.12. The van der Waals surface area contributed by atoms with Crippen LogP contribution in [0, 0.1) is 12.8 Å². The molecule has 0 bridgehead atoms. The van der Waals surface area contributed by atoms with Crippen LogP contribution in [0.15, 0.2) is 6.20 Å². The Labute approximate surface area is 114 Å². The number of carbonyl (C=O) groups excluding carboxylic acids is 1. The molecule has 1 aliphatic rings. The molecular formula is C14H24N4O. The molecule has 0 radical (unpaired) electrons. The number of hydrogen-bond acceptors (Lipinski definition) is 2. The van der Waals surface area contributed by atoms with E-state index in [9.17, 15) is 4.79 Å². The molecule has 0 spiro atoms. The topological polar surface area (TPSA) is 59.0 Å². The zero-order valence-electron chi connectivity index (χ0n) is 12.1. The summed E-state index contributed by atoms with van der Waals surface area (Å²) in [5.74, 6) is 1.56. The second-order valence-corrected chi connectivity index (χ2v) is 5.70. The molecule has 2 amide bonds. The zero-order chi connectivity index (χ0) is 13.8. The average Bonchev–Trinajstić information content (AvgIpc) is 3.12. The van der Waals surface area contributed by atoms with Crippen molar-refractivity contribution in [1.29, 1.82) is 0 Å². The lowest BCUT2D eigenvalue weighted by Gasteiger charge is -2.11. The van der Waals surface area contributed by atoms with Gasteiger partial charge in [0.15, 0.2) is 0 Å². The summed E-state index contributed by atoms with van der Waals surface area (Å²) in [6, 6.07) is 0.558. The first-order valence-corrected chi connectivity index (χ1v) is 7.12. The molecule has 5 heteroatoms. The van der Waals surface area contributed by atoms with Gasteiger partial charge < -0.3 is 15.2 Å². The van der Waals surface area contributed by atoms with Gasteiger partial charge in [0.25, 0.3) is 0 Å². The van der Waals surface area contributed by atoms with Gasteiger partial charge in [0, 0.05) is 37.4 Å². The number of nitrogens with zero attached hydrogens (tertiary/aromatic N) is 2. The van der Waals surface area contributed by atoms with E-state index in [1.165, 1.54) is 18.5 Å². The van der Waals surface area contributed by atoms with Gasteiger partial charge in [0.05, 0.1) is 0 Å². The molecule has 1 aromatic rings. The van der Waals surface area contributed by atoms with E-state index in [4.69, 9.17) is 0 Å². The van der Waals surface area contributed by atoms with Crippen LogP contribution in [0.1, 0.15) is 44.2 Å². The van der Waals surface area contributed by atoms with E-state index in [2.05, 4.69) is 41.0 Å². The Morgan fingerprint density at radius 2 is 2.21 bits per heavy atom. The number of rotatable bonds is 6. The third-order valence-corrected chi connectivity index (χ3v) is 3.28. The smallest absolute Gasteiger partial charge is 0.314 e. The molecule has 1 aromatic heterocycles. The number of aromatic nitrogens is 2. The van der Waals surface area contributed by atoms with Gasteiger partial charge in [0.2, 0.25) is 0 Å². The largest absolute Gasteiger partial charge is 0.338 e. The summed E-state index contributed by atoms with van der Waals surface area (Å²) in [4.78, 5) is 16.0. The van der Waals surface area contributed by atoms with Crippen LogP contribution in [0.4, 0.5) is 4.79 Å². The summed E-state index contributed by atoms with van der Waals surface area (Å²) in [6.07, 6.45) is 5.23. The number of amides is 2. The second-order valence-electron chi connectivity index (χ2n) is 5.70. The van der Waals surface area contributed by atoms with E-state index in [0.29, 0.717) is 25.0 Å². The van der Waals surface area contributed by atoms with Crippen LogP contribution in [0.3, 0.4) is 0 Å². The van der Waals surface area contributed by atoms with E-state index >= 15 is 0 Å². The van der Waals surface area contributed by atoms with Crippen molar-refractivity contribution in [3.8, 4) is 0 Å². The molecule has 1 heterocycles. The Morgan fingerprint density at radius 3 is 2.84 bits per heavy atom. The highest BCUT2D eigenvalue weighted by atomic mass is 16.2. The monoisotopic (exact) mass is 264 g/mol. The normalized spacial score (nSPS) is 14.7. The highest BCUT2D eigenvalue weighted by Gasteiger charge is 2.26. The highest BCUT2D eigenvalue weighted by molar-refractivity contribution is 5.73. The summed E-state index contributed by atoms with van der Waals surface area (Å²) in [6.45, 7) is 7.59. The maximum Gasteiger partial charge on any atom is 0.314 e. The average molecular weight is 264 g/mol. The third-order valence-electron chi connectivity index (χ3n) is 3.28. The Balaban J connectivity index is 1.75. The van der Waals surface area contributed by atoms with Gasteiger partial charge in [-0.3, -0.25) is 0 Å². The third kappa shape index (κ3) is 3.98. The van der Waals surface area contributed by atoms with Gasteiger partial charge in [-0.25, -0.2) is 9.78 Å². The molecule has 5 nitrogen and oxygen atoms in total. The van der Waals surface area contributed by atoms with Crippen LogP contribution in [0.25, 0.3) is 0 Å². The van der Waals surface area contributed by atoms with Crippen LogP contribution >= 0.6 is 0 Å². The van der Waals surface area contributed by atoms with Crippen molar-refractivity contribution in [3.63, 3.8) is 0 Å². The lowest BCUT2D eigenvalue weighted by Crippen LogP contribution is -2.38. The number of hydrogen-bond donors (Lipinski definition) is 2. The van der Waals surface area contributed by atoms with E-state index in [1.807, 2.05) is 6.20 Å². The van der Waals surface area contributed by atoms with Crippen LogP contribution in [-0.2, 0) is 6.42 Å².